The first-order valence-corrected chi connectivity index (χ1v) is 38.8. The Hall–Kier alpha value is -2.36. The standard InChI is InChI=1S/4C18H36O2.2C3H8O3/c4*1-17(2)15-13-11-9-7-5-3-4-6-8-10-12-14-16-18(19)20;2*4-1-3(6)2-5/h4*17H,3-16H2,1-2H3,(H,19,20);2*3-6H,1-2H2. The number of aliphatic carboxylic acids is 4. The van der Waals surface area contributed by atoms with Gasteiger partial charge in [0.05, 0.1) is 26.4 Å². The molecule has 0 amide bonds. The monoisotopic (exact) mass is 1320 g/mol. The van der Waals surface area contributed by atoms with Crippen molar-refractivity contribution in [3.63, 3.8) is 0 Å². The minimum absolute atomic E-state index is 0.344. The first-order valence-electron chi connectivity index (χ1n) is 38.8. The van der Waals surface area contributed by atoms with Crippen LogP contribution in [0.1, 0.15) is 415 Å². The Balaban J connectivity index is -0.000000252. The first kappa shape index (κ1) is 101. The molecule has 0 fully saturated rings. The molecule has 0 aliphatic carbocycles. The Bertz CT molecular complexity index is 1190. The van der Waals surface area contributed by atoms with Crippen LogP contribution >= 0.6 is 0 Å². The highest BCUT2D eigenvalue weighted by Gasteiger charge is 2.03. The topological polar surface area (TPSA) is 271 Å². The van der Waals surface area contributed by atoms with E-state index in [0.717, 1.165) is 75.0 Å². The van der Waals surface area contributed by atoms with E-state index in [9.17, 15) is 19.2 Å². The van der Waals surface area contributed by atoms with Crippen LogP contribution in [0.3, 0.4) is 0 Å². The highest BCUT2D eigenvalue weighted by molar-refractivity contribution is 5.67. The molecule has 0 aromatic carbocycles. The summed E-state index contributed by atoms with van der Waals surface area (Å²) in [7, 11) is 0. The van der Waals surface area contributed by atoms with Gasteiger partial charge in [-0.3, -0.25) is 19.2 Å². The zero-order chi connectivity index (χ0) is 70.2. The van der Waals surface area contributed by atoms with Crippen LogP contribution in [0.15, 0.2) is 0 Å². The van der Waals surface area contributed by atoms with Gasteiger partial charge in [-0.15, -0.1) is 0 Å². The highest BCUT2D eigenvalue weighted by atomic mass is 16.4. The number of hydrogen-bond acceptors (Lipinski definition) is 10. The van der Waals surface area contributed by atoms with Gasteiger partial charge in [-0.25, -0.2) is 0 Å². The van der Waals surface area contributed by atoms with Gasteiger partial charge >= 0.3 is 23.9 Å². The number of hydrogen-bond donors (Lipinski definition) is 10. The van der Waals surface area contributed by atoms with Crippen molar-refractivity contribution in [2.75, 3.05) is 26.4 Å². The molecule has 0 aromatic rings. The molecule has 92 heavy (non-hydrogen) atoms. The van der Waals surface area contributed by atoms with Gasteiger partial charge in [0.2, 0.25) is 0 Å². The maximum Gasteiger partial charge on any atom is 0.303 e. The fourth-order valence-corrected chi connectivity index (χ4v) is 10.5. The van der Waals surface area contributed by atoms with Crippen LogP contribution < -0.4 is 0 Å². The van der Waals surface area contributed by atoms with Crippen molar-refractivity contribution >= 4 is 23.9 Å². The molecule has 0 saturated carbocycles. The van der Waals surface area contributed by atoms with E-state index < -0.39 is 36.1 Å². The largest absolute Gasteiger partial charge is 0.481 e. The average Bonchev–Trinajstić information content (AvgIpc) is 3.51. The molecule has 14 heteroatoms. The van der Waals surface area contributed by atoms with Gasteiger partial charge in [0.25, 0.3) is 0 Å². The number of aliphatic hydroxyl groups excluding tert-OH is 6. The van der Waals surface area contributed by atoms with Crippen molar-refractivity contribution in [1.29, 1.82) is 0 Å². The lowest BCUT2D eigenvalue weighted by Crippen LogP contribution is -2.15. The second kappa shape index (κ2) is 88.6. The number of carboxylic acid groups (broad SMARTS) is 4. The molecular formula is C78H160O14. The van der Waals surface area contributed by atoms with E-state index in [2.05, 4.69) is 55.4 Å². The van der Waals surface area contributed by atoms with Crippen LogP contribution in [0.5, 0.6) is 0 Å². The third kappa shape index (κ3) is 121. The Morgan fingerprint density at radius 1 is 0.196 bits per heavy atom. The highest BCUT2D eigenvalue weighted by Crippen LogP contribution is 2.19. The summed E-state index contributed by atoms with van der Waals surface area (Å²) >= 11 is 0. The Morgan fingerprint density at radius 3 is 0.370 bits per heavy atom. The van der Waals surface area contributed by atoms with Crippen LogP contribution in [-0.2, 0) is 19.2 Å². The predicted molar refractivity (Wildman–Crippen MR) is 389 cm³/mol. The molecule has 14 nitrogen and oxygen atoms in total. The summed E-state index contributed by atoms with van der Waals surface area (Å²) in [5, 5.41) is 82.1. The summed E-state index contributed by atoms with van der Waals surface area (Å²) in [6.45, 7) is 17.0. The number of rotatable bonds is 64. The van der Waals surface area contributed by atoms with Crippen LogP contribution in [0.4, 0.5) is 0 Å². The van der Waals surface area contributed by atoms with Crippen LogP contribution in [0.25, 0.3) is 0 Å². The van der Waals surface area contributed by atoms with Gasteiger partial charge in [-0.05, 0) is 49.4 Å². The van der Waals surface area contributed by atoms with E-state index in [0.29, 0.717) is 25.7 Å². The first-order chi connectivity index (χ1) is 44.1. The number of unbranched alkanes of at least 4 members (excludes halogenated alkanes) is 44. The van der Waals surface area contributed by atoms with Crippen molar-refractivity contribution in [3.8, 4) is 0 Å². The summed E-state index contributed by atoms with van der Waals surface area (Å²) in [6, 6.07) is 0. The fraction of sp³-hybridized carbons (Fsp3) is 0.949. The quantitative estimate of drug-likeness (QED) is 0.0254. The molecule has 0 spiro atoms. The van der Waals surface area contributed by atoms with Crippen LogP contribution in [0, 0.1) is 23.7 Å². The molecule has 556 valence electrons. The van der Waals surface area contributed by atoms with Crippen molar-refractivity contribution in [2.24, 2.45) is 23.7 Å². The molecule has 0 aliphatic heterocycles. The average molecular weight is 1320 g/mol. The lowest BCUT2D eigenvalue weighted by Gasteiger charge is -2.04. The zero-order valence-electron chi connectivity index (χ0n) is 62.0. The van der Waals surface area contributed by atoms with Crippen molar-refractivity contribution in [2.45, 2.75) is 427 Å². The maximum atomic E-state index is 10.3. The van der Waals surface area contributed by atoms with E-state index in [1.807, 2.05) is 0 Å². The minimum Gasteiger partial charge on any atom is -0.481 e. The van der Waals surface area contributed by atoms with Crippen LogP contribution in [-0.4, -0.2) is 114 Å². The molecule has 0 saturated heterocycles. The third-order valence-electron chi connectivity index (χ3n) is 16.5. The molecule has 0 aliphatic rings. The van der Waals surface area contributed by atoms with Crippen molar-refractivity contribution in [3.05, 3.63) is 0 Å². The van der Waals surface area contributed by atoms with E-state index in [-0.39, 0.29) is 26.4 Å². The van der Waals surface area contributed by atoms with Crippen molar-refractivity contribution in [1.82, 2.24) is 0 Å². The number of aliphatic hydroxyl groups is 6. The minimum atomic E-state index is -0.954. The summed E-state index contributed by atoms with van der Waals surface area (Å²) in [4.78, 5) is 41.3. The third-order valence-corrected chi connectivity index (χ3v) is 16.5. The smallest absolute Gasteiger partial charge is 0.303 e. The Kier molecular flexibility index (Phi) is 97.0. The zero-order valence-corrected chi connectivity index (χ0v) is 62.0. The Morgan fingerprint density at radius 2 is 0.293 bits per heavy atom. The number of carboxylic acids is 4. The molecule has 0 heterocycles. The van der Waals surface area contributed by atoms with Gasteiger partial charge in [0, 0.05) is 25.7 Å². The van der Waals surface area contributed by atoms with Crippen molar-refractivity contribution < 1.29 is 70.2 Å². The van der Waals surface area contributed by atoms with Gasteiger partial charge in [0.1, 0.15) is 12.2 Å². The van der Waals surface area contributed by atoms with E-state index >= 15 is 0 Å². The predicted octanol–water partition coefficient (Wildman–Crippen LogP) is 21.4. The van der Waals surface area contributed by atoms with E-state index in [1.165, 1.54) is 283 Å². The van der Waals surface area contributed by atoms with Gasteiger partial charge in [0.15, 0.2) is 0 Å². The summed E-state index contributed by atoms with van der Waals surface area (Å²) in [5.74, 6) is 0.848. The molecule has 0 aromatic heterocycles. The molecule has 0 rings (SSSR count). The molecule has 0 unspecified atom stereocenters. The molecule has 0 bridgehead atoms. The van der Waals surface area contributed by atoms with Gasteiger partial charge < -0.3 is 51.1 Å². The lowest BCUT2D eigenvalue weighted by atomic mass is 10.0. The van der Waals surface area contributed by atoms with E-state index in [4.69, 9.17) is 51.1 Å². The normalized spacial score (nSPS) is 11.0. The van der Waals surface area contributed by atoms with Gasteiger partial charge in [-0.2, -0.15) is 0 Å². The fourth-order valence-electron chi connectivity index (χ4n) is 10.5. The SMILES string of the molecule is CC(C)CCCCCCCCCCCCCCC(=O)O.CC(C)CCCCCCCCCCCCCCC(=O)O.CC(C)CCCCCCCCCCCCCCC(=O)O.CC(C)CCCCCCCCCCCCCCC(=O)O.OCC(O)CO.OCC(O)CO. The second-order valence-electron chi connectivity index (χ2n) is 28.3. The molecule has 0 atom stereocenters. The summed E-state index contributed by atoms with van der Waals surface area (Å²) < 4.78 is 0. The number of carbonyl (C=O) groups is 4. The second-order valence-corrected chi connectivity index (χ2v) is 28.3. The Labute approximate surface area is 568 Å². The summed E-state index contributed by atoms with van der Waals surface area (Å²) in [5.41, 5.74) is 0. The molecular weight excluding hydrogens is 1160 g/mol. The van der Waals surface area contributed by atoms with Gasteiger partial charge in [-0.1, -0.05) is 364 Å². The lowest BCUT2D eigenvalue weighted by molar-refractivity contribution is -0.138. The molecule has 0 radical (unpaired) electrons. The van der Waals surface area contributed by atoms with E-state index in [1.54, 1.807) is 0 Å². The maximum absolute atomic E-state index is 10.3. The summed E-state index contributed by atoms with van der Waals surface area (Å²) in [6.07, 6.45) is 67.4. The van der Waals surface area contributed by atoms with Crippen LogP contribution in [0.2, 0.25) is 0 Å². The molecule has 10 N–H and O–H groups in total.